The van der Waals surface area contributed by atoms with E-state index in [4.69, 9.17) is 0 Å². The van der Waals surface area contributed by atoms with Gasteiger partial charge in [-0.3, -0.25) is 0 Å². The second-order valence-electron chi connectivity index (χ2n) is 6.14. The fraction of sp³-hybridized carbons (Fsp3) is 0.600. The normalized spacial score (nSPS) is 12.2. The van der Waals surface area contributed by atoms with Crippen LogP contribution in [0.25, 0.3) is 0 Å². The van der Waals surface area contributed by atoms with Crippen molar-refractivity contribution in [2.75, 3.05) is 27.2 Å². The molecule has 21 heavy (non-hydrogen) atoms. The molecule has 1 aromatic carbocycles. The number of quaternary nitrogens is 1. The summed E-state index contributed by atoms with van der Waals surface area (Å²) < 4.78 is 26.8. The lowest BCUT2D eigenvalue weighted by Crippen LogP contribution is -3.00. The Morgan fingerprint density at radius 3 is 2.24 bits per heavy atom. The van der Waals surface area contributed by atoms with Gasteiger partial charge in [-0.15, -0.1) is 0 Å². The maximum atomic E-state index is 11.6. The molecule has 0 aliphatic rings. The van der Waals surface area contributed by atoms with Gasteiger partial charge in [-0.1, -0.05) is 30.3 Å². The molecular formula is C15H27ClN2O2S. The third-order valence-electron chi connectivity index (χ3n) is 3.32. The van der Waals surface area contributed by atoms with Gasteiger partial charge < -0.3 is 16.9 Å². The van der Waals surface area contributed by atoms with Crippen LogP contribution in [-0.4, -0.2) is 45.3 Å². The third kappa shape index (κ3) is 7.81. The largest absolute Gasteiger partial charge is 1.00 e. The first-order chi connectivity index (χ1) is 9.23. The molecule has 0 saturated carbocycles. The molecule has 4 nitrogen and oxygen atoms in total. The molecule has 1 aromatic rings. The molecule has 0 aliphatic heterocycles. The number of nitrogens with one attached hydrogen (secondary N) is 1. The number of hydrogen-bond donors (Lipinski definition) is 1. The Bertz CT molecular complexity index is 502. The van der Waals surface area contributed by atoms with Crippen LogP contribution in [0.1, 0.15) is 25.8 Å². The van der Waals surface area contributed by atoms with Crippen molar-refractivity contribution in [2.24, 2.45) is 0 Å². The predicted molar refractivity (Wildman–Crippen MR) is 83.8 cm³/mol. The Morgan fingerprint density at radius 2 is 1.71 bits per heavy atom. The molecule has 0 bridgehead atoms. The summed E-state index contributed by atoms with van der Waals surface area (Å²) in [5.41, 5.74) is 1.31. The van der Waals surface area contributed by atoms with Crippen LogP contribution in [0.3, 0.4) is 0 Å². The summed E-state index contributed by atoms with van der Waals surface area (Å²) in [5.74, 6) is 0. The van der Waals surface area contributed by atoms with E-state index in [1.165, 1.54) is 5.56 Å². The molecule has 0 radical (unpaired) electrons. The maximum Gasteiger partial charge on any atom is 0.213 e. The van der Waals surface area contributed by atoms with Crippen molar-refractivity contribution in [3.05, 3.63) is 35.9 Å². The van der Waals surface area contributed by atoms with Crippen LogP contribution in [0.2, 0.25) is 0 Å². The van der Waals surface area contributed by atoms with Crippen LogP contribution < -0.4 is 17.1 Å². The Labute approximate surface area is 135 Å². The average Bonchev–Trinajstić information content (AvgIpc) is 2.35. The number of hydrogen-bond acceptors (Lipinski definition) is 2. The molecule has 0 aliphatic carbocycles. The second kappa shape index (κ2) is 8.73. The molecule has 0 aromatic heterocycles. The SMILES string of the molecule is CC(C)S(=O)(=O)NCCC[N+](C)(C)Cc1ccccc1.[Cl-]. The van der Waals surface area contributed by atoms with E-state index >= 15 is 0 Å². The average molecular weight is 335 g/mol. The highest BCUT2D eigenvalue weighted by molar-refractivity contribution is 7.90. The fourth-order valence-electron chi connectivity index (χ4n) is 2.04. The van der Waals surface area contributed by atoms with Crippen molar-refractivity contribution in [2.45, 2.75) is 32.1 Å². The summed E-state index contributed by atoms with van der Waals surface area (Å²) in [6, 6.07) is 10.4. The summed E-state index contributed by atoms with van der Waals surface area (Å²) in [4.78, 5) is 0. The molecule has 0 fully saturated rings. The number of rotatable bonds is 8. The molecule has 0 heterocycles. The van der Waals surface area contributed by atoms with Gasteiger partial charge >= 0.3 is 0 Å². The quantitative estimate of drug-likeness (QED) is 0.489. The van der Waals surface area contributed by atoms with E-state index in [0.29, 0.717) is 6.54 Å². The lowest BCUT2D eigenvalue weighted by molar-refractivity contribution is -0.903. The van der Waals surface area contributed by atoms with Crippen LogP contribution in [-0.2, 0) is 16.6 Å². The lowest BCUT2D eigenvalue weighted by Gasteiger charge is -2.30. The van der Waals surface area contributed by atoms with Gasteiger partial charge in [0.2, 0.25) is 10.0 Å². The van der Waals surface area contributed by atoms with Crippen LogP contribution in [0.15, 0.2) is 30.3 Å². The second-order valence-corrected chi connectivity index (χ2v) is 8.47. The number of halogens is 1. The van der Waals surface area contributed by atoms with Crippen LogP contribution >= 0.6 is 0 Å². The highest BCUT2D eigenvalue weighted by Gasteiger charge is 2.18. The Morgan fingerprint density at radius 1 is 1.14 bits per heavy atom. The summed E-state index contributed by atoms with van der Waals surface area (Å²) in [6.45, 7) is 5.79. The maximum absolute atomic E-state index is 11.6. The zero-order valence-corrected chi connectivity index (χ0v) is 14.9. The molecule has 0 unspecified atom stereocenters. The highest BCUT2D eigenvalue weighted by atomic mass is 35.5. The summed E-state index contributed by atoms with van der Waals surface area (Å²) in [6.07, 6.45) is 0.839. The first-order valence-corrected chi connectivity index (χ1v) is 8.62. The minimum atomic E-state index is -3.13. The predicted octanol–water partition coefficient (Wildman–Crippen LogP) is -1.02. The van der Waals surface area contributed by atoms with Crippen LogP contribution in [0, 0.1) is 0 Å². The van der Waals surface area contributed by atoms with Gasteiger partial charge in [0, 0.05) is 18.5 Å². The van der Waals surface area contributed by atoms with Crippen LogP contribution in [0.4, 0.5) is 0 Å². The fourth-order valence-corrected chi connectivity index (χ4v) is 2.81. The van der Waals surface area contributed by atoms with E-state index in [2.05, 4.69) is 31.0 Å². The van der Waals surface area contributed by atoms with E-state index in [9.17, 15) is 8.42 Å². The van der Waals surface area contributed by atoms with Gasteiger partial charge in [0.15, 0.2) is 0 Å². The zero-order chi connectivity index (χ0) is 15.2. The van der Waals surface area contributed by atoms with Crippen molar-refractivity contribution in [3.63, 3.8) is 0 Å². The topological polar surface area (TPSA) is 46.2 Å². The Hall–Kier alpha value is -0.620. The smallest absolute Gasteiger partial charge is 0.213 e. The summed E-state index contributed by atoms with van der Waals surface area (Å²) in [7, 11) is 1.21. The third-order valence-corrected chi connectivity index (χ3v) is 5.17. The van der Waals surface area contributed by atoms with Gasteiger partial charge in [0.05, 0.1) is 25.9 Å². The molecule has 6 heteroatoms. The molecular weight excluding hydrogens is 308 g/mol. The molecule has 122 valence electrons. The molecule has 0 amide bonds. The van der Waals surface area contributed by atoms with Gasteiger partial charge in [-0.05, 0) is 13.8 Å². The molecule has 1 rings (SSSR count). The number of nitrogens with zero attached hydrogens (tertiary/aromatic N) is 1. The van der Waals surface area contributed by atoms with Gasteiger partial charge in [-0.25, -0.2) is 13.1 Å². The standard InChI is InChI=1S/C15H27N2O2S.ClH/c1-14(2)20(18,19)16-11-8-12-17(3,4)13-15-9-6-5-7-10-15;/h5-7,9-10,14,16H,8,11-13H2,1-4H3;1H/q+1;/p-1. The van der Waals surface area contributed by atoms with E-state index in [1.54, 1.807) is 13.8 Å². The minimum Gasteiger partial charge on any atom is -1.00 e. The van der Waals surface area contributed by atoms with Crippen molar-refractivity contribution in [1.29, 1.82) is 0 Å². The van der Waals surface area contributed by atoms with Gasteiger partial charge in [0.25, 0.3) is 0 Å². The van der Waals surface area contributed by atoms with Gasteiger partial charge in [0.1, 0.15) is 6.54 Å². The first-order valence-electron chi connectivity index (χ1n) is 7.07. The summed E-state index contributed by atoms with van der Waals surface area (Å²) in [5, 5.41) is -0.366. The monoisotopic (exact) mass is 334 g/mol. The minimum absolute atomic E-state index is 0. The molecule has 0 spiro atoms. The van der Waals surface area contributed by atoms with Crippen molar-refractivity contribution >= 4 is 10.0 Å². The van der Waals surface area contributed by atoms with E-state index in [1.807, 2.05) is 18.2 Å². The van der Waals surface area contributed by atoms with E-state index < -0.39 is 10.0 Å². The van der Waals surface area contributed by atoms with E-state index in [-0.39, 0.29) is 17.7 Å². The van der Waals surface area contributed by atoms with Crippen LogP contribution in [0.5, 0.6) is 0 Å². The van der Waals surface area contributed by atoms with Crippen molar-refractivity contribution in [3.8, 4) is 0 Å². The summed E-state index contributed by atoms with van der Waals surface area (Å²) >= 11 is 0. The van der Waals surface area contributed by atoms with Crippen molar-refractivity contribution in [1.82, 2.24) is 4.72 Å². The number of benzene rings is 1. The molecule has 1 N–H and O–H groups in total. The Kier molecular flexibility index (Phi) is 8.48. The lowest BCUT2D eigenvalue weighted by atomic mass is 10.2. The molecule has 0 saturated heterocycles. The van der Waals surface area contributed by atoms with Gasteiger partial charge in [-0.2, -0.15) is 0 Å². The molecule has 0 atom stereocenters. The van der Waals surface area contributed by atoms with Crippen molar-refractivity contribution < 1.29 is 25.3 Å². The Balaban J connectivity index is 0.00000400. The zero-order valence-electron chi connectivity index (χ0n) is 13.3. The number of sulfonamides is 1. The van der Waals surface area contributed by atoms with E-state index in [0.717, 1.165) is 24.0 Å². The highest BCUT2D eigenvalue weighted by Crippen LogP contribution is 2.09. The first kappa shape index (κ1) is 20.4.